The zero-order valence-electron chi connectivity index (χ0n) is 12.8. The Morgan fingerprint density at radius 1 is 1.00 bits per heavy atom. The number of aliphatic imine (C=N–C) groups is 1. The second-order valence-corrected chi connectivity index (χ2v) is 4.29. The highest BCUT2D eigenvalue weighted by atomic mass is 16.5. The number of unbranched alkanes of at least 4 members (excludes halogenated alkanes) is 2. The first-order valence-electron chi connectivity index (χ1n) is 7.44. The van der Waals surface area contributed by atoms with Crippen LogP contribution in [0.25, 0.3) is 0 Å². The standard InChI is InChI=1S/C14H31N3O2/c1-4-15-14(17-11-9-13-19-5-2)16-10-7-6-8-12-18-3/h4-13H2,1-3H3,(H2,15,16,17). The van der Waals surface area contributed by atoms with E-state index in [9.17, 15) is 0 Å². The van der Waals surface area contributed by atoms with E-state index in [0.717, 1.165) is 64.7 Å². The van der Waals surface area contributed by atoms with Gasteiger partial charge in [-0.25, -0.2) is 0 Å². The first-order chi connectivity index (χ1) is 9.35. The van der Waals surface area contributed by atoms with Gasteiger partial charge in [-0.05, 0) is 39.5 Å². The lowest BCUT2D eigenvalue weighted by atomic mass is 10.2. The highest BCUT2D eigenvalue weighted by molar-refractivity contribution is 5.79. The van der Waals surface area contributed by atoms with Gasteiger partial charge < -0.3 is 20.1 Å². The van der Waals surface area contributed by atoms with Gasteiger partial charge in [0.2, 0.25) is 0 Å². The third-order valence-electron chi connectivity index (χ3n) is 2.58. The summed E-state index contributed by atoms with van der Waals surface area (Å²) in [6.45, 7) is 9.17. The molecule has 0 unspecified atom stereocenters. The molecular weight excluding hydrogens is 242 g/mol. The Labute approximate surface area is 118 Å². The highest BCUT2D eigenvalue weighted by Gasteiger charge is 1.96. The highest BCUT2D eigenvalue weighted by Crippen LogP contribution is 1.93. The minimum absolute atomic E-state index is 0.781. The van der Waals surface area contributed by atoms with Crippen molar-refractivity contribution in [2.75, 3.05) is 46.6 Å². The summed E-state index contributed by atoms with van der Waals surface area (Å²) in [5, 5.41) is 6.59. The molecule has 2 N–H and O–H groups in total. The maximum atomic E-state index is 5.29. The molecule has 0 amide bonds. The third kappa shape index (κ3) is 13.4. The van der Waals surface area contributed by atoms with Gasteiger partial charge in [-0.3, -0.25) is 4.99 Å². The molecule has 0 aliphatic heterocycles. The van der Waals surface area contributed by atoms with E-state index in [-0.39, 0.29) is 0 Å². The lowest BCUT2D eigenvalue weighted by molar-refractivity contribution is 0.146. The minimum Gasteiger partial charge on any atom is -0.385 e. The molecule has 0 aliphatic carbocycles. The fourth-order valence-electron chi connectivity index (χ4n) is 1.60. The summed E-state index contributed by atoms with van der Waals surface area (Å²) < 4.78 is 10.3. The molecule has 0 bridgehead atoms. The SMILES string of the molecule is CCNC(=NCCCOCC)NCCCCCOC. The molecule has 0 fully saturated rings. The van der Waals surface area contributed by atoms with Crippen LogP contribution in [0, 0.1) is 0 Å². The van der Waals surface area contributed by atoms with Crippen LogP contribution >= 0.6 is 0 Å². The summed E-state index contributed by atoms with van der Waals surface area (Å²) in [5.74, 6) is 0.908. The normalized spacial score (nSPS) is 11.6. The number of guanidine groups is 1. The quantitative estimate of drug-likeness (QED) is 0.323. The van der Waals surface area contributed by atoms with Crippen LogP contribution in [0.2, 0.25) is 0 Å². The molecule has 0 radical (unpaired) electrons. The zero-order valence-corrected chi connectivity index (χ0v) is 12.8. The van der Waals surface area contributed by atoms with Gasteiger partial charge in [0.05, 0.1) is 0 Å². The smallest absolute Gasteiger partial charge is 0.191 e. The Kier molecular flexibility index (Phi) is 14.6. The Bertz CT molecular complexity index is 211. The van der Waals surface area contributed by atoms with Gasteiger partial charge in [0, 0.05) is 46.6 Å². The van der Waals surface area contributed by atoms with E-state index in [0.29, 0.717) is 0 Å². The predicted molar refractivity (Wildman–Crippen MR) is 80.8 cm³/mol. The van der Waals surface area contributed by atoms with Crippen LogP contribution in [0.3, 0.4) is 0 Å². The van der Waals surface area contributed by atoms with Crippen molar-refractivity contribution in [2.24, 2.45) is 4.99 Å². The molecule has 0 rings (SSSR count). The first kappa shape index (κ1) is 18.2. The lowest BCUT2D eigenvalue weighted by Crippen LogP contribution is -2.37. The Hall–Kier alpha value is -0.810. The van der Waals surface area contributed by atoms with Crippen molar-refractivity contribution in [1.82, 2.24) is 10.6 Å². The number of nitrogens with one attached hydrogen (secondary N) is 2. The average molecular weight is 273 g/mol. The number of hydrogen-bond donors (Lipinski definition) is 2. The monoisotopic (exact) mass is 273 g/mol. The number of hydrogen-bond acceptors (Lipinski definition) is 3. The maximum Gasteiger partial charge on any atom is 0.191 e. The van der Waals surface area contributed by atoms with E-state index >= 15 is 0 Å². The minimum atomic E-state index is 0.781. The van der Waals surface area contributed by atoms with Gasteiger partial charge in [0.1, 0.15) is 0 Å². The predicted octanol–water partition coefficient (Wildman–Crippen LogP) is 1.78. The van der Waals surface area contributed by atoms with Crippen molar-refractivity contribution in [3.63, 3.8) is 0 Å². The van der Waals surface area contributed by atoms with E-state index in [1.807, 2.05) is 6.92 Å². The molecule has 0 aromatic carbocycles. The van der Waals surface area contributed by atoms with Crippen LogP contribution in [0.5, 0.6) is 0 Å². The molecule has 19 heavy (non-hydrogen) atoms. The molecule has 0 heterocycles. The van der Waals surface area contributed by atoms with E-state index in [2.05, 4.69) is 22.5 Å². The van der Waals surface area contributed by atoms with E-state index in [1.165, 1.54) is 6.42 Å². The molecule has 0 aromatic heterocycles. The fraction of sp³-hybridized carbons (Fsp3) is 0.929. The Morgan fingerprint density at radius 2 is 1.84 bits per heavy atom. The van der Waals surface area contributed by atoms with Crippen LogP contribution in [-0.2, 0) is 9.47 Å². The molecule has 0 atom stereocenters. The van der Waals surface area contributed by atoms with Crippen molar-refractivity contribution >= 4 is 5.96 Å². The largest absolute Gasteiger partial charge is 0.385 e. The second kappa shape index (κ2) is 15.2. The molecule has 5 heteroatoms. The van der Waals surface area contributed by atoms with Crippen molar-refractivity contribution in [3.05, 3.63) is 0 Å². The summed E-state index contributed by atoms with van der Waals surface area (Å²) in [6, 6.07) is 0. The molecule has 5 nitrogen and oxygen atoms in total. The van der Waals surface area contributed by atoms with Gasteiger partial charge in [-0.2, -0.15) is 0 Å². The van der Waals surface area contributed by atoms with Crippen molar-refractivity contribution in [3.8, 4) is 0 Å². The third-order valence-corrected chi connectivity index (χ3v) is 2.58. The summed E-state index contributed by atoms with van der Waals surface area (Å²) in [7, 11) is 1.75. The van der Waals surface area contributed by atoms with Crippen LogP contribution in [0.1, 0.15) is 39.5 Å². The average Bonchev–Trinajstić information content (AvgIpc) is 2.42. The molecule has 0 spiro atoms. The van der Waals surface area contributed by atoms with Crippen LogP contribution in [0.15, 0.2) is 4.99 Å². The summed E-state index contributed by atoms with van der Waals surface area (Å²) in [6.07, 6.45) is 4.43. The molecule has 0 aliphatic rings. The lowest BCUT2D eigenvalue weighted by Gasteiger charge is -2.11. The molecule has 0 saturated carbocycles. The van der Waals surface area contributed by atoms with Gasteiger partial charge in [0.15, 0.2) is 5.96 Å². The Balaban J connectivity index is 3.62. The van der Waals surface area contributed by atoms with Crippen molar-refractivity contribution < 1.29 is 9.47 Å². The van der Waals surface area contributed by atoms with Crippen LogP contribution in [0.4, 0.5) is 0 Å². The maximum absolute atomic E-state index is 5.29. The van der Waals surface area contributed by atoms with Gasteiger partial charge in [0.25, 0.3) is 0 Å². The molecular formula is C14H31N3O2. The van der Waals surface area contributed by atoms with E-state index in [4.69, 9.17) is 9.47 Å². The van der Waals surface area contributed by atoms with E-state index in [1.54, 1.807) is 7.11 Å². The topological polar surface area (TPSA) is 54.9 Å². The Morgan fingerprint density at radius 3 is 2.53 bits per heavy atom. The van der Waals surface area contributed by atoms with Crippen molar-refractivity contribution in [1.29, 1.82) is 0 Å². The zero-order chi connectivity index (χ0) is 14.2. The first-order valence-corrected chi connectivity index (χ1v) is 7.44. The summed E-state index contributed by atoms with van der Waals surface area (Å²) >= 11 is 0. The van der Waals surface area contributed by atoms with Gasteiger partial charge in [-0.1, -0.05) is 0 Å². The van der Waals surface area contributed by atoms with Gasteiger partial charge in [-0.15, -0.1) is 0 Å². The summed E-state index contributed by atoms with van der Waals surface area (Å²) in [4.78, 5) is 4.51. The number of ether oxygens (including phenoxy) is 2. The number of rotatable bonds is 12. The van der Waals surface area contributed by atoms with Crippen molar-refractivity contribution in [2.45, 2.75) is 39.5 Å². The summed E-state index contributed by atoms with van der Waals surface area (Å²) in [5.41, 5.74) is 0. The molecule has 0 saturated heterocycles. The number of methoxy groups -OCH3 is 1. The number of nitrogens with zero attached hydrogens (tertiary/aromatic N) is 1. The van der Waals surface area contributed by atoms with Gasteiger partial charge >= 0.3 is 0 Å². The van der Waals surface area contributed by atoms with E-state index < -0.39 is 0 Å². The molecule has 114 valence electrons. The molecule has 0 aromatic rings. The fourth-order valence-corrected chi connectivity index (χ4v) is 1.60. The second-order valence-electron chi connectivity index (χ2n) is 4.29. The van der Waals surface area contributed by atoms with Crippen LogP contribution < -0.4 is 10.6 Å². The van der Waals surface area contributed by atoms with Crippen LogP contribution in [-0.4, -0.2) is 52.5 Å².